The van der Waals surface area contributed by atoms with E-state index in [1.807, 2.05) is 43.3 Å². The van der Waals surface area contributed by atoms with Crippen LogP contribution in [0.1, 0.15) is 36.0 Å². The minimum absolute atomic E-state index is 0.0163. The van der Waals surface area contributed by atoms with Crippen LogP contribution in [0.3, 0.4) is 0 Å². The smallest absolute Gasteiger partial charge is 0.251 e. The number of hydrogen-bond donors (Lipinski definition) is 1. The first-order valence-electron chi connectivity index (χ1n) is 8.88. The van der Waals surface area contributed by atoms with Crippen LogP contribution in [0.25, 0.3) is 0 Å². The van der Waals surface area contributed by atoms with Crippen LogP contribution in [0.2, 0.25) is 5.02 Å². The molecule has 1 aliphatic rings. The maximum atomic E-state index is 12.5. The molecule has 0 spiro atoms. The number of pyridine rings is 1. The minimum Gasteiger partial charge on any atom is -0.474 e. The molecular formula is C20H24ClN3O2. The van der Waals surface area contributed by atoms with Crippen molar-refractivity contribution in [2.75, 3.05) is 19.0 Å². The number of carbonyl (C=O) groups excluding carboxylic acids is 1. The van der Waals surface area contributed by atoms with E-state index in [0.717, 1.165) is 31.4 Å². The van der Waals surface area contributed by atoms with Gasteiger partial charge in [0.25, 0.3) is 5.91 Å². The number of nitrogens with zero attached hydrogens (tertiary/aromatic N) is 2. The standard InChI is InChI=1S/C20H24ClN3O2/c1-24(2)17-5-3-4-14(12-17)20(25)23-16-7-9-18(10-8-16)26-19-11-6-15(21)13-22-19/h3-6,11-13,16,18H,7-10H2,1-2H3,(H,23,25). The number of amides is 1. The molecule has 0 unspecified atom stereocenters. The number of hydrogen-bond acceptors (Lipinski definition) is 4. The zero-order valence-corrected chi connectivity index (χ0v) is 15.9. The van der Waals surface area contributed by atoms with Crippen LogP contribution < -0.4 is 15.0 Å². The van der Waals surface area contributed by atoms with Gasteiger partial charge in [-0.2, -0.15) is 0 Å². The lowest BCUT2D eigenvalue weighted by Gasteiger charge is -2.29. The zero-order chi connectivity index (χ0) is 18.5. The highest BCUT2D eigenvalue weighted by Gasteiger charge is 2.24. The highest BCUT2D eigenvalue weighted by atomic mass is 35.5. The predicted molar refractivity (Wildman–Crippen MR) is 104 cm³/mol. The Labute approximate surface area is 159 Å². The number of aromatic nitrogens is 1. The summed E-state index contributed by atoms with van der Waals surface area (Å²) in [5, 5.41) is 3.75. The summed E-state index contributed by atoms with van der Waals surface area (Å²) in [5.74, 6) is 0.583. The first-order chi connectivity index (χ1) is 12.5. The molecule has 0 atom stereocenters. The largest absolute Gasteiger partial charge is 0.474 e. The summed E-state index contributed by atoms with van der Waals surface area (Å²) in [6.07, 6.45) is 5.31. The van der Waals surface area contributed by atoms with E-state index in [4.69, 9.17) is 16.3 Å². The van der Waals surface area contributed by atoms with Crippen molar-refractivity contribution < 1.29 is 9.53 Å². The Hall–Kier alpha value is -2.27. The van der Waals surface area contributed by atoms with Gasteiger partial charge in [-0.1, -0.05) is 17.7 Å². The molecule has 2 aromatic rings. The second kappa shape index (κ2) is 8.41. The Bertz CT molecular complexity index is 741. The van der Waals surface area contributed by atoms with Crippen molar-refractivity contribution in [3.63, 3.8) is 0 Å². The lowest BCUT2D eigenvalue weighted by Crippen LogP contribution is -2.39. The molecule has 0 saturated heterocycles. The van der Waals surface area contributed by atoms with Crippen LogP contribution in [0.5, 0.6) is 5.88 Å². The number of anilines is 1. The van der Waals surface area contributed by atoms with Gasteiger partial charge < -0.3 is 15.0 Å². The van der Waals surface area contributed by atoms with Crippen molar-refractivity contribution >= 4 is 23.2 Å². The maximum Gasteiger partial charge on any atom is 0.251 e. The quantitative estimate of drug-likeness (QED) is 0.863. The normalized spacial score (nSPS) is 19.7. The summed E-state index contributed by atoms with van der Waals surface area (Å²) in [7, 11) is 3.93. The van der Waals surface area contributed by atoms with Gasteiger partial charge in [0.05, 0.1) is 5.02 Å². The van der Waals surface area contributed by atoms with E-state index >= 15 is 0 Å². The molecule has 3 rings (SSSR count). The Kier molecular flexibility index (Phi) is 5.99. The molecule has 1 amide bonds. The summed E-state index contributed by atoms with van der Waals surface area (Å²) in [6.45, 7) is 0. The second-order valence-electron chi connectivity index (χ2n) is 6.82. The van der Waals surface area contributed by atoms with Gasteiger partial charge in [0, 0.05) is 43.7 Å². The lowest BCUT2D eigenvalue weighted by molar-refractivity contribution is 0.0890. The van der Waals surface area contributed by atoms with Crippen LogP contribution >= 0.6 is 11.6 Å². The van der Waals surface area contributed by atoms with Gasteiger partial charge in [-0.3, -0.25) is 4.79 Å². The monoisotopic (exact) mass is 373 g/mol. The Morgan fingerprint density at radius 2 is 1.96 bits per heavy atom. The van der Waals surface area contributed by atoms with Crippen LogP contribution in [0.4, 0.5) is 5.69 Å². The maximum absolute atomic E-state index is 12.5. The predicted octanol–water partition coefficient (Wildman–Crippen LogP) is 3.92. The average Bonchev–Trinajstić information content (AvgIpc) is 2.65. The van der Waals surface area contributed by atoms with Gasteiger partial charge in [0.2, 0.25) is 5.88 Å². The third-order valence-corrected chi connectivity index (χ3v) is 4.85. The van der Waals surface area contributed by atoms with E-state index in [1.165, 1.54) is 0 Å². The third kappa shape index (κ3) is 4.88. The molecule has 0 radical (unpaired) electrons. The molecule has 1 aliphatic carbocycles. The summed E-state index contributed by atoms with van der Waals surface area (Å²) in [5.41, 5.74) is 1.71. The molecule has 1 N–H and O–H groups in total. The number of carbonyl (C=O) groups is 1. The van der Waals surface area contributed by atoms with Crippen molar-refractivity contribution in [1.29, 1.82) is 0 Å². The van der Waals surface area contributed by atoms with Gasteiger partial charge in [-0.05, 0) is 49.9 Å². The summed E-state index contributed by atoms with van der Waals surface area (Å²) in [6, 6.07) is 11.4. The molecule has 1 aromatic heterocycles. The summed E-state index contributed by atoms with van der Waals surface area (Å²) in [4.78, 5) is 18.7. The van der Waals surface area contributed by atoms with Crippen LogP contribution in [0, 0.1) is 0 Å². The highest BCUT2D eigenvalue weighted by Crippen LogP contribution is 2.24. The topological polar surface area (TPSA) is 54.5 Å². The number of benzene rings is 1. The summed E-state index contributed by atoms with van der Waals surface area (Å²) >= 11 is 5.84. The average molecular weight is 374 g/mol. The Balaban J connectivity index is 1.49. The van der Waals surface area contributed by atoms with Crippen molar-refractivity contribution in [2.24, 2.45) is 0 Å². The molecule has 0 aliphatic heterocycles. The van der Waals surface area contributed by atoms with E-state index in [0.29, 0.717) is 16.5 Å². The van der Waals surface area contributed by atoms with Crippen molar-refractivity contribution in [2.45, 2.75) is 37.8 Å². The minimum atomic E-state index is -0.0163. The van der Waals surface area contributed by atoms with E-state index < -0.39 is 0 Å². The fourth-order valence-electron chi connectivity index (χ4n) is 3.12. The van der Waals surface area contributed by atoms with E-state index in [-0.39, 0.29) is 18.1 Å². The van der Waals surface area contributed by atoms with Gasteiger partial charge in [0.15, 0.2) is 0 Å². The fraction of sp³-hybridized carbons (Fsp3) is 0.400. The van der Waals surface area contributed by atoms with Gasteiger partial charge in [-0.25, -0.2) is 4.98 Å². The molecule has 0 bridgehead atoms. The molecule has 138 valence electrons. The van der Waals surface area contributed by atoms with Gasteiger partial charge in [-0.15, -0.1) is 0 Å². The van der Waals surface area contributed by atoms with E-state index in [9.17, 15) is 4.79 Å². The van der Waals surface area contributed by atoms with Gasteiger partial charge >= 0.3 is 0 Å². The van der Waals surface area contributed by atoms with Crippen LogP contribution in [-0.2, 0) is 0 Å². The number of halogens is 1. The summed E-state index contributed by atoms with van der Waals surface area (Å²) < 4.78 is 5.90. The number of ether oxygens (including phenoxy) is 1. The van der Waals surface area contributed by atoms with Crippen molar-refractivity contribution in [1.82, 2.24) is 10.3 Å². The second-order valence-corrected chi connectivity index (χ2v) is 7.26. The van der Waals surface area contributed by atoms with Crippen LogP contribution in [-0.4, -0.2) is 37.1 Å². The number of nitrogens with one attached hydrogen (secondary N) is 1. The first kappa shape index (κ1) is 18.5. The molecule has 5 nitrogen and oxygen atoms in total. The third-order valence-electron chi connectivity index (χ3n) is 4.62. The first-order valence-corrected chi connectivity index (χ1v) is 9.25. The molecule has 6 heteroatoms. The molecule has 1 heterocycles. The zero-order valence-electron chi connectivity index (χ0n) is 15.1. The fourth-order valence-corrected chi connectivity index (χ4v) is 3.23. The lowest BCUT2D eigenvalue weighted by atomic mass is 9.92. The molecule has 26 heavy (non-hydrogen) atoms. The Morgan fingerprint density at radius 1 is 1.19 bits per heavy atom. The van der Waals surface area contributed by atoms with E-state index in [1.54, 1.807) is 18.3 Å². The van der Waals surface area contributed by atoms with E-state index in [2.05, 4.69) is 10.3 Å². The SMILES string of the molecule is CN(C)c1cccc(C(=O)NC2CCC(Oc3ccc(Cl)cn3)CC2)c1. The van der Waals surface area contributed by atoms with Gasteiger partial charge in [0.1, 0.15) is 6.10 Å². The van der Waals surface area contributed by atoms with Crippen molar-refractivity contribution in [3.05, 3.63) is 53.2 Å². The number of rotatable bonds is 5. The highest BCUT2D eigenvalue weighted by molar-refractivity contribution is 6.30. The molecular weight excluding hydrogens is 350 g/mol. The molecule has 1 aromatic carbocycles. The Morgan fingerprint density at radius 3 is 2.62 bits per heavy atom. The molecule has 1 fully saturated rings. The molecule has 1 saturated carbocycles. The van der Waals surface area contributed by atoms with Crippen LogP contribution in [0.15, 0.2) is 42.6 Å². The van der Waals surface area contributed by atoms with Crippen molar-refractivity contribution in [3.8, 4) is 5.88 Å².